The molecule has 0 aliphatic rings. The summed E-state index contributed by atoms with van der Waals surface area (Å²) in [4.78, 5) is 0. The van der Waals surface area contributed by atoms with Crippen molar-refractivity contribution >= 4 is 9.52 Å². The highest BCUT2D eigenvalue weighted by Gasteiger charge is 1.77. The molecule has 0 aromatic rings. The second kappa shape index (κ2) is 7.96. The minimum Gasteiger partial charge on any atom is -0.105 e. The van der Waals surface area contributed by atoms with Crippen LogP contribution in [0.25, 0.3) is 0 Å². The van der Waals surface area contributed by atoms with Crippen LogP contribution >= 0.6 is 0 Å². The molecule has 0 N–H and O–H groups in total. The molecule has 0 aromatic heterocycles. The molecule has 0 radical (unpaired) electrons. The molecule has 0 nitrogen and oxygen atoms in total. The van der Waals surface area contributed by atoms with Crippen molar-refractivity contribution in [2.45, 2.75) is 39.2 Å². The summed E-state index contributed by atoms with van der Waals surface area (Å²) in [5, 5.41) is 0. The summed E-state index contributed by atoms with van der Waals surface area (Å²) in [6.07, 6.45) is 6.32. The van der Waals surface area contributed by atoms with E-state index in [4.69, 9.17) is 0 Å². The molecular weight excluding hydrogens is 124 g/mol. The Morgan fingerprint density at radius 2 is 2.00 bits per heavy atom. The molecule has 0 saturated carbocycles. The van der Waals surface area contributed by atoms with Crippen molar-refractivity contribution in [3.05, 3.63) is 11.8 Å². The lowest BCUT2D eigenvalue weighted by Crippen LogP contribution is -1.80. The third kappa shape index (κ3) is 7.96. The van der Waals surface area contributed by atoms with Gasteiger partial charge in [-0.3, -0.25) is 0 Å². The minimum atomic E-state index is 0.210. The van der Waals surface area contributed by atoms with Crippen LogP contribution in [0, 0.1) is 0 Å². The number of hydrogen-bond acceptors (Lipinski definition) is 0. The molecule has 54 valence electrons. The van der Waals surface area contributed by atoms with Crippen molar-refractivity contribution in [2.75, 3.05) is 0 Å². The van der Waals surface area contributed by atoms with Crippen molar-refractivity contribution in [1.29, 1.82) is 0 Å². The van der Waals surface area contributed by atoms with Gasteiger partial charge in [0, 0.05) is 9.52 Å². The lowest BCUT2D eigenvalue weighted by Gasteiger charge is -1.86. The predicted molar refractivity (Wildman–Crippen MR) is 47.7 cm³/mol. The quantitative estimate of drug-likeness (QED) is 0.408. The molecular formula is C8H18Si. The van der Waals surface area contributed by atoms with Gasteiger partial charge in [0.2, 0.25) is 0 Å². The maximum absolute atomic E-state index is 2.44. The summed E-state index contributed by atoms with van der Waals surface area (Å²) < 4.78 is 0. The van der Waals surface area contributed by atoms with Crippen LogP contribution in [0.2, 0.25) is 6.04 Å². The molecule has 0 aliphatic heterocycles. The Morgan fingerprint density at radius 3 is 2.56 bits per heavy atom. The van der Waals surface area contributed by atoms with Gasteiger partial charge < -0.3 is 0 Å². The van der Waals surface area contributed by atoms with Crippen molar-refractivity contribution < 1.29 is 0 Å². The van der Waals surface area contributed by atoms with Gasteiger partial charge in [0.1, 0.15) is 0 Å². The smallest absolute Gasteiger partial charge is 0.0449 e. The molecule has 0 spiro atoms. The van der Waals surface area contributed by atoms with E-state index < -0.39 is 0 Å². The minimum absolute atomic E-state index is 0.210. The van der Waals surface area contributed by atoms with Gasteiger partial charge in [-0.2, -0.15) is 0 Å². The van der Waals surface area contributed by atoms with Crippen molar-refractivity contribution in [3.8, 4) is 0 Å². The molecule has 0 fully saturated rings. The first-order valence-corrected chi connectivity index (χ1v) is 5.88. The fourth-order valence-corrected chi connectivity index (χ4v) is 1.84. The summed E-state index contributed by atoms with van der Waals surface area (Å²) >= 11 is 0. The first-order valence-electron chi connectivity index (χ1n) is 4.06. The number of hydrogen-bond donors (Lipinski definition) is 0. The molecule has 0 bridgehead atoms. The van der Waals surface area contributed by atoms with E-state index in [0.29, 0.717) is 0 Å². The summed E-state index contributed by atoms with van der Waals surface area (Å²) in [6.45, 7) is 4.49. The van der Waals surface area contributed by atoms with Gasteiger partial charge in [-0.25, -0.2) is 0 Å². The Morgan fingerprint density at radius 1 is 1.22 bits per heavy atom. The number of allylic oxidation sites excluding steroid dienone is 1. The van der Waals surface area contributed by atoms with E-state index in [2.05, 4.69) is 25.6 Å². The van der Waals surface area contributed by atoms with E-state index in [1.54, 1.807) is 0 Å². The Labute approximate surface area is 61.2 Å². The van der Waals surface area contributed by atoms with Gasteiger partial charge in [-0.05, 0) is 6.42 Å². The van der Waals surface area contributed by atoms with Crippen LogP contribution in [-0.4, -0.2) is 9.52 Å². The van der Waals surface area contributed by atoms with Gasteiger partial charge in [0.15, 0.2) is 0 Å². The maximum atomic E-state index is 2.44. The number of rotatable bonds is 5. The molecule has 1 heteroatoms. The summed E-state index contributed by atoms with van der Waals surface area (Å²) in [6, 6.07) is 1.49. The van der Waals surface area contributed by atoms with Gasteiger partial charge in [-0.15, -0.1) is 5.70 Å². The highest BCUT2D eigenvalue weighted by Crippen LogP contribution is 1.90. The maximum Gasteiger partial charge on any atom is 0.0449 e. The zero-order valence-electron chi connectivity index (χ0n) is 6.69. The fraction of sp³-hybridized carbons (Fsp3) is 0.750. The van der Waals surface area contributed by atoms with Crippen molar-refractivity contribution in [3.63, 3.8) is 0 Å². The van der Waals surface area contributed by atoms with Crippen molar-refractivity contribution in [1.82, 2.24) is 0 Å². The Kier molecular flexibility index (Phi) is 7.92. The highest BCUT2D eigenvalue weighted by atomic mass is 28.2. The summed E-state index contributed by atoms with van der Waals surface area (Å²) in [7, 11) is 0.210. The fourth-order valence-electron chi connectivity index (χ4n) is 0.724. The van der Waals surface area contributed by atoms with Crippen LogP contribution in [-0.2, 0) is 0 Å². The Balaban J connectivity index is 2.86. The van der Waals surface area contributed by atoms with Crippen LogP contribution in [0.5, 0.6) is 0 Å². The molecule has 0 rings (SSSR count). The van der Waals surface area contributed by atoms with Gasteiger partial charge >= 0.3 is 0 Å². The SMILES string of the molecule is CCCC=C[SiH2]CCC. The van der Waals surface area contributed by atoms with Crippen LogP contribution in [0.1, 0.15) is 33.1 Å². The lowest BCUT2D eigenvalue weighted by atomic mass is 10.3. The van der Waals surface area contributed by atoms with E-state index in [1.807, 2.05) is 0 Å². The zero-order chi connectivity index (χ0) is 6.95. The largest absolute Gasteiger partial charge is 0.105 e. The van der Waals surface area contributed by atoms with Gasteiger partial charge in [-0.1, -0.05) is 38.8 Å². The molecule has 0 atom stereocenters. The third-order valence-electron chi connectivity index (χ3n) is 1.35. The topological polar surface area (TPSA) is 0 Å². The summed E-state index contributed by atoms with van der Waals surface area (Å²) in [5.41, 5.74) is 2.44. The van der Waals surface area contributed by atoms with E-state index in [0.717, 1.165) is 0 Å². The zero-order valence-corrected chi connectivity index (χ0v) is 8.10. The monoisotopic (exact) mass is 142 g/mol. The van der Waals surface area contributed by atoms with Crippen LogP contribution in [0.3, 0.4) is 0 Å². The van der Waals surface area contributed by atoms with E-state index in [-0.39, 0.29) is 9.52 Å². The van der Waals surface area contributed by atoms with Crippen molar-refractivity contribution in [2.24, 2.45) is 0 Å². The number of unbranched alkanes of at least 4 members (excludes halogenated alkanes) is 1. The Bertz CT molecular complexity index is 67.0. The standard InChI is InChI=1S/C8H18Si/c1-3-5-6-8-9-7-4-2/h6,8H,3-5,7,9H2,1-2H3. The average Bonchev–Trinajstić information content (AvgIpc) is 1.89. The third-order valence-corrected chi connectivity index (χ3v) is 3.13. The first-order chi connectivity index (χ1) is 4.41. The second-order valence-corrected chi connectivity index (χ2v) is 4.16. The molecule has 9 heavy (non-hydrogen) atoms. The average molecular weight is 142 g/mol. The molecule has 0 heterocycles. The second-order valence-electron chi connectivity index (χ2n) is 2.40. The van der Waals surface area contributed by atoms with Crippen LogP contribution < -0.4 is 0 Å². The highest BCUT2D eigenvalue weighted by molar-refractivity contribution is 6.41. The Hall–Kier alpha value is -0.0431. The van der Waals surface area contributed by atoms with E-state index in [9.17, 15) is 0 Å². The molecule has 0 aliphatic carbocycles. The predicted octanol–water partition coefficient (Wildman–Crippen LogP) is 2.30. The van der Waals surface area contributed by atoms with Gasteiger partial charge in [0.05, 0.1) is 0 Å². The summed E-state index contributed by atoms with van der Waals surface area (Å²) in [5.74, 6) is 0. The van der Waals surface area contributed by atoms with E-state index >= 15 is 0 Å². The lowest BCUT2D eigenvalue weighted by molar-refractivity contribution is 0.959. The van der Waals surface area contributed by atoms with E-state index in [1.165, 1.54) is 25.3 Å². The van der Waals surface area contributed by atoms with Gasteiger partial charge in [0.25, 0.3) is 0 Å². The molecule has 0 saturated heterocycles. The van der Waals surface area contributed by atoms with Crippen LogP contribution in [0.15, 0.2) is 11.8 Å². The normalized spacial score (nSPS) is 12.2. The first kappa shape index (κ1) is 8.96. The molecule has 0 amide bonds. The molecule has 0 aromatic carbocycles. The molecule has 0 unspecified atom stereocenters. The van der Waals surface area contributed by atoms with Crippen LogP contribution in [0.4, 0.5) is 0 Å².